The summed E-state index contributed by atoms with van der Waals surface area (Å²) in [5.74, 6) is 1.00. The molecule has 2 heterocycles. The van der Waals surface area contributed by atoms with E-state index in [1.807, 2.05) is 0 Å². The van der Waals surface area contributed by atoms with Crippen LogP contribution in [0.25, 0.3) is 11.1 Å². The number of hydrogen-bond donors (Lipinski definition) is 0. The molecule has 0 bridgehead atoms. The van der Waals surface area contributed by atoms with Gasteiger partial charge < -0.3 is 9.64 Å². The Balaban J connectivity index is 1.77. The third kappa shape index (κ3) is 3.10. The molecular formula is C34H35NO. The van der Waals surface area contributed by atoms with E-state index in [4.69, 9.17) is 4.74 Å². The van der Waals surface area contributed by atoms with Gasteiger partial charge in [-0.15, -0.1) is 0 Å². The van der Waals surface area contributed by atoms with Gasteiger partial charge in [-0.05, 0) is 40.2 Å². The lowest BCUT2D eigenvalue weighted by molar-refractivity contribution is 0.147. The molecular weight excluding hydrogens is 438 g/mol. The van der Waals surface area contributed by atoms with Gasteiger partial charge in [0.15, 0.2) is 5.60 Å². The molecule has 2 heteroatoms. The van der Waals surface area contributed by atoms with Gasteiger partial charge >= 0.3 is 0 Å². The molecule has 0 radical (unpaired) electrons. The molecule has 4 aromatic rings. The van der Waals surface area contributed by atoms with E-state index in [0.717, 1.165) is 5.75 Å². The number of rotatable bonds is 0. The van der Waals surface area contributed by atoms with Crippen LogP contribution >= 0.6 is 0 Å². The third-order valence-corrected chi connectivity index (χ3v) is 7.90. The van der Waals surface area contributed by atoms with Crippen LogP contribution in [0.5, 0.6) is 5.75 Å². The Bertz CT molecular complexity index is 1450. The maximum Gasteiger partial charge on any atom is 0.189 e. The van der Waals surface area contributed by atoms with Gasteiger partial charge in [-0.25, -0.2) is 0 Å². The number of para-hydroxylation sites is 2. The average molecular weight is 474 g/mol. The van der Waals surface area contributed by atoms with Gasteiger partial charge in [0, 0.05) is 46.2 Å². The minimum atomic E-state index is -0.730. The van der Waals surface area contributed by atoms with Crippen molar-refractivity contribution in [3.05, 3.63) is 113 Å². The Labute approximate surface area is 215 Å². The second-order valence-corrected chi connectivity index (χ2v) is 12.3. The van der Waals surface area contributed by atoms with Crippen molar-refractivity contribution < 1.29 is 4.74 Å². The summed E-state index contributed by atoms with van der Waals surface area (Å²) >= 11 is 0. The van der Waals surface area contributed by atoms with E-state index in [0.29, 0.717) is 0 Å². The Morgan fingerprint density at radius 1 is 0.611 bits per heavy atom. The fourth-order valence-electron chi connectivity index (χ4n) is 5.96. The molecule has 2 aliphatic rings. The van der Waals surface area contributed by atoms with Gasteiger partial charge in [-0.1, -0.05) is 108 Å². The SMILES string of the molecule is CN1c2ccccc2C2(Oc3c(cc(C(C)(C)C)cc3C(C)(C)C)-c3ccccc32)c2ccccc21. The van der Waals surface area contributed by atoms with E-state index in [-0.39, 0.29) is 10.8 Å². The second kappa shape index (κ2) is 7.49. The van der Waals surface area contributed by atoms with E-state index in [2.05, 4.69) is 138 Å². The number of nitrogens with zero attached hydrogens (tertiary/aromatic N) is 1. The molecule has 0 unspecified atom stereocenters. The molecule has 0 aromatic heterocycles. The zero-order valence-corrected chi connectivity index (χ0v) is 22.4. The monoisotopic (exact) mass is 473 g/mol. The van der Waals surface area contributed by atoms with Crippen molar-refractivity contribution in [3.8, 4) is 16.9 Å². The number of ether oxygens (including phenoxy) is 1. The van der Waals surface area contributed by atoms with Gasteiger partial charge in [0.25, 0.3) is 0 Å². The molecule has 182 valence electrons. The molecule has 0 aliphatic carbocycles. The number of hydrogen-bond acceptors (Lipinski definition) is 2. The molecule has 0 atom stereocenters. The Hall–Kier alpha value is -3.52. The van der Waals surface area contributed by atoms with E-state index in [1.54, 1.807) is 0 Å². The molecule has 2 aliphatic heterocycles. The van der Waals surface area contributed by atoms with Gasteiger partial charge in [0.2, 0.25) is 0 Å². The van der Waals surface area contributed by atoms with Crippen LogP contribution in [0.1, 0.15) is 69.4 Å². The highest BCUT2D eigenvalue weighted by Crippen LogP contribution is 2.59. The first-order chi connectivity index (χ1) is 17.0. The van der Waals surface area contributed by atoms with E-state index in [9.17, 15) is 0 Å². The van der Waals surface area contributed by atoms with Crippen LogP contribution in [-0.4, -0.2) is 7.05 Å². The topological polar surface area (TPSA) is 12.5 Å². The Morgan fingerprint density at radius 3 is 1.69 bits per heavy atom. The van der Waals surface area contributed by atoms with Crippen molar-refractivity contribution in [2.75, 3.05) is 11.9 Å². The van der Waals surface area contributed by atoms with E-state index >= 15 is 0 Å². The second-order valence-electron chi connectivity index (χ2n) is 12.3. The predicted molar refractivity (Wildman–Crippen MR) is 151 cm³/mol. The number of anilines is 2. The minimum Gasteiger partial charge on any atom is -0.472 e. The normalized spacial score (nSPS) is 15.5. The summed E-state index contributed by atoms with van der Waals surface area (Å²) in [5, 5.41) is 0. The Morgan fingerprint density at radius 2 is 1.14 bits per heavy atom. The standard InChI is InChI=1S/C34H35NO/c1-32(2,3)22-20-24-23-14-8-9-15-25(23)34(36-31(24)28(21-22)33(4,5)6)26-16-10-12-18-29(26)35(7)30-19-13-11-17-27(30)34/h8-21H,1-7H3. The molecule has 2 nitrogen and oxygen atoms in total. The lowest BCUT2D eigenvalue weighted by Gasteiger charge is -2.48. The number of benzene rings is 4. The number of fused-ring (bicyclic) bond motifs is 8. The van der Waals surface area contributed by atoms with Crippen LogP contribution < -0.4 is 9.64 Å². The highest BCUT2D eigenvalue weighted by atomic mass is 16.5. The molecule has 0 saturated heterocycles. The first-order valence-corrected chi connectivity index (χ1v) is 12.9. The van der Waals surface area contributed by atoms with Crippen LogP contribution in [-0.2, 0) is 16.4 Å². The van der Waals surface area contributed by atoms with Crippen molar-refractivity contribution in [2.45, 2.75) is 58.0 Å². The van der Waals surface area contributed by atoms with Crippen molar-refractivity contribution in [2.24, 2.45) is 0 Å². The van der Waals surface area contributed by atoms with Crippen molar-refractivity contribution in [1.29, 1.82) is 0 Å². The molecule has 6 rings (SSSR count). The maximum absolute atomic E-state index is 7.49. The van der Waals surface area contributed by atoms with Gasteiger partial charge in [-0.2, -0.15) is 0 Å². The first kappa shape index (κ1) is 22.9. The smallest absolute Gasteiger partial charge is 0.189 e. The van der Waals surface area contributed by atoms with Crippen LogP contribution in [0.3, 0.4) is 0 Å². The first-order valence-electron chi connectivity index (χ1n) is 12.9. The van der Waals surface area contributed by atoms with Gasteiger partial charge in [0.1, 0.15) is 5.75 Å². The molecule has 0 amide bonds. The van der Waals surface area contributed by atoms with E-state index in [1.165, 1.54) is 50.3 Å². The molecule has 0 N–H and O–H groups in total. The lowest BCUT2D eigenvalue weighted by atomic mass is 9.70. The highest BCUT2D eigenvalue weighted by molar-refractivity contribution is 5.87. The summed E-state index contributed by atoms with van der Waals surface area (Å²) in [6, 6.07) is 31.0. The van der Waals surface area contributed by atoms with Crippen molar-refractivity contribution >= 4 is 11.4 Å². The fourth-order valence-corrected chi connectivity index (χ4v) is 5.96. The highest BCUT2D eigenvalue weighted by Gasteiger charge is 2.50. The minimum absolute atomic E-state index is 0.0336. The lowest BCUT2D eigenvalue weighted by Crippen LogP contribution is -2.44. The summed E-state index contributed by atoms with van der Waals surface area (Å²) in [5.41, 5.74) is 10.2. The summed E-state index contributed by atoms with van der Waals surface area (Å²) in [6.07, 6.45) is 0. The molecule has 1 spiro atoms. The summed E-state index contributed by atoms with van der Waals surface area (Å²) in [6.45, 7) is 13.8. The molecule has 0 saturated carbocycles. The predicted octanol–water partition coefficient (Wildman–Crippen LogP) is 8.71. The summed E-state index contributed by atoms with van der Waals surface area (Å²) < 4.78 is 7.49. The van der Waals surface area contributed by atoms with E-state index < -0.39 is 5.60 Å². The van der Waals surface area contributed by atoms with Crippen molar-refractivity contribution in [1.82, 2.24) is 0 Å². The molecule has 0 fully saturated rings. The van der Waals surface area contributed by atoms with Crippen LogP contribution in [0.15, 0.2) is 84.9 Å². The zero-order valence-electron chi connectivity index (χ0n) is 22.4. The van der Waals surface area contributed by atoms with Crippen molar-refractivity contribution in [3.63, 3.8) is 0 Å². The quantitative estimate of drug-likeness (QED) is 0.253. The average Bonchev–Trinajstić information content (AvgIpc) is 2.85. The van der Waals surface area contributed by atoms with Crippen LogP contribution in [0.4, 0.5) is 11.4 Å². The summed E-state index contributed by atoms with van der Waals surface area (Å²) in [7, 11) is 2.16. The molecule has 4 aromatic carbocycles. The fraction of sp³-hybridized carbons (Fsp3) is 0.294. The summed E-state index contributed by atoms with van der Waals surface area (Å²) in [4.78, 5) is 2.30. The maximum atomic E-state index is 7.49. The molecule has 36 heavy (non-hydrogen) atoms. The Kier molecular flexibility index (Phi) is 4.77. The zero-order chi connectivity index (χ0) is 25.5. The van der Waals surface area contributed by atoms with Crippen LogP contribution in [0.2, 0.25) is 0 Å². The largest absolute Gasteiger partial charge is 0.472 e. The van der Waals surface area contributed by atoms with Gasteiger partial charge in [0.05, 0.1) is 0 Å². The van der Waals surface area contributed by atoms with Crippen LogP contribution in [0, 0.1) is 0 Å². The van der Waals surface area contributed by atoms with Gasteiger partial charge in [-0.3, -0.25) is 0 Å². The third-order valence-electron chi connectivity index (χ3n) is 7.90.